The zero-order valence-electron chi connectivity index (χ0n) is 8.42. The predicted octanol–water partition coefficient (Wildman–Crippen LogP) is 0.527. The highest BCUT2D eigenvalue weighted by Crippen LogP contribution is 2.19. The number of rotatable bonds is 4. The molecule has 76 valence electrons. The lowest BCUT2D eigenvalue weighted by Crippen LogP contribution is -2.46. The third kappa shape index (κ3) is 3.22. The molecule has 13 heavy (non-hydrogen) atoms. The van der Waals surface area contributed by atoms with Crippen LogP contribution in [0.4, 0.5) is 4.79 Å². The van der Waals surface area contributed by atoms with E-state index in [1.807, 2.05) is 13.8 Å². The second-order valence-corrected chi connectivity index (χ2v) is 3.80. The first-order valence-corrected chi connectivity index (χ1v) is 4.92. The number of nitrogens with one attached hydrogen (secondary N) is 1. The van der Waals surface area contributed by atoms with Crippen LogP contribution in [0.15, 0.2) is 0 Å². The Morgan fingerprint density at radius 3 is 2.62 bits per heavy atom. The normalized spacial score (nSPS) is 16.0. The van der Waals surface area contributed by atoms with E-state index in [4.69, 9.17) is 5.73 Å². The molecular formula is C9H19N3O. The molecule has 0 unspecified atom stereocenters. The van der Waals surface area contributed by atoms with Gasteiger partial charge < -0.3 is 16.0 Å². The van der Waals surface area contributed by atoms with E-state index in [1.54, 1.807) is 4.90 Å². The summed E-state index contributed by atoms with van der Waals surface area (Å²) in [4.78, 5) is 13.4. The average Bonchev–Trinajstić information content (AvgIpc) is 2.83. The molecular weight excluding hydrogens is 166 g/mol. The summed E-state index contributed by atoms with van der Waals surface area (Å²) in [6.07, 6.45) is 2.25. The topological polar surface area (TPSA) is 58.4 Å². The minimum Gasteiger partial charge on any atom is -0.335 e. The summed E-state index contributed by atoms with van der Waals surface area (Å²) >= 11 is 0. The first-order chi connectivity index (χ1) is 6.15. The van der Waals surface area contributed by atoms with Gasteiger partial charge in [-0.15, -0.1) is 0 Å². The molecule has 2 amide bonds. The van der Waals surface area contributed by atoms with Crippen LogP contribution in [0.1, 0.15) is 26.7 Å². The van der Waals surface area contributed by atoms with E-state index in [2.05, 4.69) is 5.32 Å². The summed E-state index contributed by atoms with van der Waals surface area (Å²) in [6.45, 7) is 5.16. The van der Waals surface area contributed by atoms with Crippen molar-refractivity contribution in [2.75, 3.05) is 13.1 Å². The Morgan fingerprint density at radius 1 is 1.62 bits per heavy atom. The SMILES string of the molecule is CC(C)N(CCN)C(=O)NC1CC1. The molecule has 0 aromatic heterocycles. The lowest BCUT2D eigenvalue weighted by molar-refractivity contribution is 0.184. The van der Waals surface area contributed by atoms with Gasteiger partial charge in [0.2, 0.25) is 0 Å². The van der Waals surface area contributed by atoms with E-state index in [9.17, 15) is 4.79 Å². The van der Waals surface area contributed by atoms with Crippen molar-refractivity contribution in [1.82, 2.24) is 10.2 Å². The van der Waals surface area contributed by atoms with Gasteiger partial charge in [-0.1, -0.05) is 0 Å². The number of amides is 2. The minimum atomic E-state index is 0.0305. The van der Waals surface area contributed by atoms with Gasteiger partial charge in [-0.3, -0.25) is 0 Å². The molecule has 0 aromatic rings. The Balaban J connectivity index is 2.36. The summed E-state index contributed by atoms with van der Waals surface area (Å²) in [5.41, 5.74) is 5.43. The van der Waals surface area contributed by atoms with Crippen LogP contribution in [-0.2, 0) is 0 Å². The fourth-order valence-electron chi connectivity index (χ4n) is 1.22. The van der Waals surface area contributed by atoms with Crippen LogP contribution in [-0.4, -0.2) is 36.1 Å². The summed E-state index contributed by atoms with van der Waals surface area (Å²) < 4.78 is 0. The van der Waals surface area contributed by atoms with Crippen molar-refractivity contribution in [3.8, 4) is 0 Å². The number of carbonyl (C=O) groups excluding carboxylic acids is 1. The zero-order valence-corrected chi connectivity index (χ0v) is 8.42. The first kappa shape index (κ1) is 10.3. The molecule has 0 aromatic carbocycles. The maximum Gasteiger partial charge on any atom is 0.317 e. The monoisotopic (exact) mass is 185 g/mol. The van der Waals surface area contributed by atoms with Gasteiger partial charge >= 0.3 is 6.03 Å². The average molecular weight is 185 g/mol. The van der Waals surface area contributed by atoms with Gasteiger partial charge in [-0.25, -0.2) is 4.79 Å². The lowest BCUT2D eigenvalue weighted by Gasteiger charge is -2.26. The fraction of sp³-hybridized carbons (Fsp3) is 0.889. The molecule has 1 rings (SSSR count). The van der Waals surface area contributed by atoms with Crippen molar-refractivity contribution in [1.29, 1.82) is 0 Å². The van der Waals surface area contributed by atoms with Crippen LogP contribution in [0.25, 0.3) is 0 Å². The number of carbonyl (C=O) groups is 1. The van der Waals surface area contributed by atoms with Crippen molar-refractivity contribution < 1.29 is 4.79 Å². The highest BCUT2D eigenvalue weighted by atomic mass is 16.2. The van der Waals surface area contributed by atoms with Crippen LogP contribution >= 0.6 is 0 Å². The number of hydrogen-bond acceptors (Lipinski definition) is 2. The van der Waals surface area contributed by atoms with E-state index in [-0.39, 0.29) is 12.1 Å². The predicted molar refractivity (Wildman–Crippen MR) is 52.5 cm³/mol. The van der Waals surface area contributed by atoms with Gasteiger partial charge in [0.1, 0.15) is 0 Å². The highest BCUT2D eigenvalue weighted by molar-refractivity contribution is 5.75. The molecule has 3 N–H and O–H groups in total. The Bertz CT molecular complexity index is 178. The Labute approximate surface area is 79.5 Å². The first-order valence-electron chi connectivity index (χ1n) is 4.92. The second kappa shape index (κ2) is 4.46. The number of nitrogens with two attached hydrogens (primary N) is 1. The van der Waals surface area contributed by atoms with Crippen molar-refractivity contribution >= 4 is 6.03 Å². The summed E-state index contributed by atoms with van der Waals surface area (Å²) in [5, 5.41) is 2.95. The van der Waals surface area contributed by atoms with Gasteiger partial charge in [0.05, 0.1) is 0 Å². The smallest absolute Gasteiger partial charge is 0.317 e. The lowest BCUT2D eigenvalue weighted by atomic mass is 10.3. The van der Waals surface area contributed by atoms with E-state index < -0.39 is 0 Å². The summed E-state index contributed by atoms with van der Waals surface area (Å²) in [6, 6.07) is 0.678. The second-order valence-electron chi connectivity index (χ2n) is 3.80. The van der Waals surface area contributed by atoms with Crippen molar-refractivity contribution in [3.63, 3.8) is 0 Å². The Kier molecular flexibility index (Phi) is 3.54. The van der Waals surface area contributed by atoms with Gasteiger partial charge in [-0.05, 0) is 26.7 Å². The van der Waals surface area contributed by atoms with Gasteiger partial charge in [0.25, 0.3) is 0 Å². The molecule has 1 aliphatic rings. The molecule has 1 fully saturated rings. The van der Waals surface area contributed by atoms with E-state index in [0.717, 1.165) is 12.8 Å². The van der Waals surface area contributed by atoms with Crippen molar-refractivity contribution in [2.24, 2.45) is 5.73 Å². The third-order valence-electron chi connectivity index (χ3n) is 2.16. The maximum absolute atomic E-state index is 11.6. The molecule has 0 aliphatic heterocycles. The van der Waals surface area contributed by atoms with Gasteiger partial charge in [0.15, 0.2) is 0 Å². The Hall–Kier alpha value is -0.770. The Morgan fingerprint density at radius 2 is 2.23 bits per heavy atom. The number of hydrogen-bond donors (Lipinski definition) is 2. The summed E-state index contributed by atoms with van der Waals surface area (Å²) in [5.74, 6) is 0. The van der Waals surface area contributed by atoms with Gasteiger partial charge in [0, 0.05) is 25.2 Å². The summed E-state index contributed by atoms with van der Waals surface area (Å²) in [7, 11) is 0. The zero-order chi connectivity index (χ0) is 9.84. The van der Waals surface area contributed by atoms with Crippen LogP contribution < -0.4 is 11.1 Å². The van der Waals surface area contributed by atoms with Crippen LogP contribution in [0, 0.1) is 0 Å². The molecule has 4 nitrogen and oxygen atoms in total. The molecule has 0 radical (unpaired) electrons. The standard InChI is InChI=1S/C9H19N3O/c1-7(2)12(6-5-10)9(13)11-8-3-4-8/h7-8H,3-6,10H2,1-2H3,(H,11,13). The quantitative estimate of drug-likeness (QED) is 0.671. The fourth-order valence-corrected chi connectivity index (χ4v) is 1.22. The molecule has 1 saturated carbocycles. The molecule has 0 spiro atoms. The third-order valence-corrected chi connectivity index (χ3v) is 2.16. The maximum atomic E-state index is 11.6. The highest BCUT2D eigenvalue weighted by Gasteiger charge is 2.26. The van der Waals surface area contributed by atoms with E-state index in [1.165, 1.54) is 0 Å². The van der Waals surface area contributed by atoms with Gasteiger partial charge in [-0.2, -0.15) is 0 Å². The molecule has 0 atom stereocenters. The van der Waals surface area contributed by atoms with Crippen molar-refractivity contribution in [3.05, 3.63) is 0 Å². The van der Waals surface area contributed by atoms with Crippen LogP contribution in [0.3, 0.4) is 0 Å². The van der Waals surface area contributed by atoms with Crippen molar-refractivity contribution in [2.45, 2.75) is 38.8 Å². The molecule has 0 heterocycles. The molecule has 0 bridgehead atoms. The molecule has 0 saturated heterocycles. The van der Waals surface area contributed by atoms with Crippen LogP contribution in [0.2, 0.25) is 0 Å². The number of nitrogens with zero attached hydrogens (tertiary/aromatic N) is 1. The van der Waals surface area contributed by atoms with E-state index in [0.29, 0.717) is 19.1 Å². The molecule has 4 heteroatoms. The largest absolute Gasteiger partial charge is 0.335 e. The molecule has 1 aliphatic carbocycles. The van der Waals surface area contributed by atoms with Crippen LogP contribution in [0.5, 0.6) is 0 Å². The van der Waals surface area contributed by atoms with E-state index >= 15 is 0 Å². The number of urea groups is 1. The minimum absolute atomic E-state index is 0.0305.